The van der Waals surface area contributed by atoms with Crippen LogP contribution in [0.25, 0.3) is 11.4 Å². The number of rotatable bonds is 10. The lowest BCUT2D eigenvalue weighted by molar-refractivity contribution is -0.384. The Morgan fingerprint density at radius 2 is 1.88 bits per heavy atom. The van der Waals surface area contributed by atoms with Gasteiger partial charge in [0.2, 0.25) is 17.6 Å². The van der Waals surface area contributed by atoms with Gasteiger partial charge in [-0.05, 0) is 24.1 Å². The standard InChI is InChI=1S/C22H22F3N5O4/c1-2-14-3-5-15(6-4-14)21-28-20(34-29-21)10-9-19(31)27-12-11-26-17-8-7-16(22(23,24)25)13-18(17)30(32)33/h3-8,13,26H,2,9-12H2,1H3,(H,27,31). The van der Waals surface area contributed by atoms with E-state index in [9.17, 15) is 28.1 Å². The number of hydrogen-bond acceptors (Lipinski definition) is 7. The predicted octanol–water partition coefficient (Wildman–Crippen LogP) is 4.39. The average Bonchev–Trinajstić information content (AvgIpc) is 3.29. The molecule has 12 heteroatoms. The third-order valence-corrected chi connectivity index (χ3v) is 4.94. The molecule has 0 aliphatic heterocycles. The summed E-state index contributed by atoms with van der Waals surface area (Å²) >= 11 is 0. The van der Waals surface area contributed by atoms with Crippen molar-refractivity contribution in [2.45, 2.75) is 32.4 Å². The lowest BCUT2D eigenvalue weighted by Crippen LogP contribution is -2.29. The van der Waals surface area contributed by atoms with Crippen LogP contribution in [-0.4, -0.2) is 34.1 Å². The number of hydrogen-bond donors (Lipinski definition) is 2. The van der Waals surface area contributed by atoms with Crippen LogP contribution in [0, 0.1) is 10.1 Å². The van der Waals surface area contributed by atoms with E-state index in [0.717, 1.165) is 24.1 Å². The van der Waals surface area contributed by atoms with Gasteiger partial charge in [-0.2, -0.15) is 18.2 Å². The first-order chi connectivity index (χ1) is 16.2. The first-order valence-electron chi connectivity index (χ1n) is 10.5. The highest BCUT2D eigenvalue weighted by molar-refractivity contribution is 5.76. The number of alkyl halides is 3. The number of benzene rings is 2. The van der Waals surface area contributed by atoms with E-state index in [-0.39, 0.29) is 37.5 Å². The molecule has 180 valence electrons. The molecule has 3 rings (SSSR count). The Labute approximate surface area is 192 Å². The second-order valence-electron chi connectivity index (χ2n) is 7.33. The highest BCUT2D eigenvalue weighted by Crippen LogP contribution is 2.34. The third kappa shape index (κ3) is 6.53. The van der Waals surface area contributed by atoms with Crippen LogP contribution >= 0.6 is 0 Å². The maximum Gasteiger partial charge on any atom is 0.416 e. The van der Waals surface area contributed by atoms with Crippen molar-refractivity contribution in [2.24, 2.45) is 0 Å². The lowest BCUT2D eigenvalue weighted by atomic mass is 10.1. The molecular formula is C22H22F3N5O4. The fraction of sp³-hybridized carbons (Fsp3) is 0.318. The summed E-state index contributed by atoms with van der Waals surface area (Å²) in [5, 5.41) is 20.3. The lowest BCUT2D eigenvalue weighted by Gasteiger charge is -2.11. The van der Waals surface area contributed by atoms with Crippen LogP contribution in [0.5, 0.6) is 0 Å². The molecule has 0 atom stereocenters. The Hall–Kier alpha value is -3.96. The van der Waals surface area contributed by atoms with Crippen LogP contribution in [0.4, 0.5) is 24.5 Å². The minimum atomic E-state index is -4.68. The highest BCUT2D eigenvalue weighted by Gasteiger charge is 2.33. The summed E-state index contributed by atoms with van der Waals surface area (Å²) in [6.45, 7) is 2.24. The van der Waals surface area contributed by atoms with Gasteiger partial charge >= 0.3 is 6.18 Å². The largest absolute Gasteiger partial charge is 0.416 e. The van der Waals surface area contributed by atoms with Crippen molar-refractivity contribution >= 4 is 17.3 Å². The normalized spacial score (nSPS) is 11.3. The zero-order chi connectivity index (χ0) is 24.7. The molecular weight excluding hydrogens is 455 g/mol. The number of aromatic nitrogens is 2. The third-order valence-electron chi connectivity index (χ3n) is 4.94. The van der Waals surface area contributed by atoms with Gasteiger partial charge in [0.1, 0.15) is 5.69 Å². The molecule has 0 radical (unpaired) electrons. The number of anilines is 1. The molecule has 0 aliphatic carbocycles. The second-order valence-corrected chi connectivity index (χ2v) is 7.33. The van der Waals surface area contributed by atoms with Gasteiger partial charge in [0.15, 0.2) is 0 Å². The first kappa shape index (κ1) is 24.7. The number of carbonyl (C=O) groups excluding carboxylic acids is 1. The molecule has 3 aromatic rings. The van der Waals surface area contributed by atoms with Gasteiger partial charge in [0.25, 0.3) is 5.69 Å². The van der Waals surface area contributed by atoms with E-state index in [1.807, 2.05) is 24.3 Å². The van der Waals surface area contributed by atoms with Crippen LogP contribution in [0.1, 0.15) is 30.4 Å². The Morgan fingerprint density at radius 3 is 2.53 bits per heavy atom. The van der Waals surface area contributed by atoms with E-state index in [0.29, 0.717) is 17.8 Å². The molecule has 0 saturated carbocycles. The molecule has 1 amide bonds. The van der Waals surface area contributed by atoms with Crippen molar-refractivity contribution in [3.8, 4) is 11.4 Å². The number of amides is 1. The minimum absolute atomic E-state index is 0.0717. The smallest absolute Gasteiger partial charge is 0.378 e. The summed E-state index contributed by atoms with van der Waals surface area (Å²) in [6.07, 6.45) is -3.46. The zero-order valence-electron chi connectivity index (χ0n) is 18.2. The molecule has 0 spiro atoms. The second kappa shape index (κ2) is 10.8. The van der Waals surface area contributed by atoms with E-state index in [2.05, 4.69) is 27.7 Å². The number of carbonyl (C=O) groups is 1. The van der Waals surface area contributed by atoms with Gasteiger partial charge < -0.3 is 15.2 Å². The molecule has 0 aliphatic rings. The molecule has 9 nitrogen and oxygen atoms in total. The number of aryl methyl sites for hydroxylation is 2. The quantitative estimate of drug-likeness (QED) is 0.252. The number of nitro groups is 1. The summed E-state index contributed by atoms with van der Waals surface area (Å²) < 4.78 is 43.5. The molecule has 34 heavy (non-hydrogen) atoms. The average molecular weight is 477 g/mol. The number of nitrogens with one attached hydrogen (secondary N) is 2. The van der Waals surface area contributed by atoms with Crippen LogP contribution in [0.2, 0.25) is 0 Å². The van der Waals surface area contributed by atoms with Crippen LogP contribution in [0.3, 0.4) is 0 Å². The van der Waals surface area contributed by atoms with Gasteiger partial charge in [0.05, 0.1) is 10.5 Å². The van der Waals surface area contributed by atoms with Crippen molar-refractivity contribution < 1.29 is 27.4 Å². The summed E-state index contributed by atoms with van der Waals surface area (Å²) in [7, 11) is 0. The van der Waals surface area contributed by atoms with Crippen molar-refractivity contribution in [1.82, 2.24) is 15.5 Å². The molecule has 1 aromatic heterocycles. The molecule has 2 aromatic carbocycles. The van der Waals surface area contributed by atoms with E-state index in [1.165, 1.54) is 5.56 Å². The molecule has 1 heterocycles. The topological polar surface area (TPSA) is 123 Å². The van der Waals surface area contributed by atoms with Crippen molar-refractivity contribution in [3.05, 3.63) is 69.6 Å². The monoisotopic (exact) mass is 477 g/mol. The minimum Gasteiger partial charge on any atom is -0.378 e. The van der Waals surface area contributed by atoms with Gasteiger partial charge in [-0.25, -0.2) is 0 Å². The fourth-order valence-electron chi connectivity index (χ4n) is 3.08. The van der Waals surface area contributed by atoms with Crippen LogP contribution < -0.4 is 10.6 Å². The molecule has 0 saturated heterocycles. The van der Waals surface area contributed by atoms with Crippen molar-refractivity contribution in [2.75, 3.05) is 18.4 Å². The van der Waals surface area contributed by atoms with Gasteiger partial charge in [-0.3, -0.25) is 14.9 Å². The maximum absolute atomic E-state index is 12.8. The van der Waals surface area contributed by atoms with Crippen molar-refractivity contribution in [1.29, 1.82) is 0 Å². The van der Waals surface area contributed by atoms with E-state index in [4.69, 9.17) is 4.52 Å². The van der Waals surface area contributed by atoms with E-state index < -0.39 is 22.4 Å². The van der Waals surface area contributed by atoms with Gasteiger partial charge in [-0.15, -0.1) is 0 Å². The van der Waals surface area contributed by atoms with E-state index >= 15 is 0 Å². The zero-order valence-corrected chi connectivity index (χ0v) is 18.2. The Morgan fingerprint density at radius 1 is 1.15 bits per heavy atom. The number of nitro benzene ring substituents is 1. The summed E-state index contributed by atoms with van der Waals surface area (Å²) in [5.41, 5.74) is 0.113. The SMILES string of the molecule is CCc1ccc(-c2noc(CCC(=O)NCCNc3ccc(C(F)(F)F)cc3[N+](=O)[O-])n2)cc1. The Kier molecular flexibility index (Phi) is 7.82. The van der Waals surface area contributed by atoms with Gasteiger partial charge in [0, 0.05) is 37.6 Å². The molecule has 0 unspecified atom stereocenters. The van der Waals surface area contributed by atoms with Crippen LogP contribution in [-0.2, 0) is 23.8 Å². The highest BCUT2D eigenvalue weighted by atomic mass is 19.4. The summed E-state index contributed by atoms with van der Waals surface area (Å²) in [5.74, 6) is 0.430. The Balaban J connectivity index is 1.45. The Bertz CT molecular complexity index is 1150. The predicted molar refractivity (Wildman–Crippen MR) is 117 cm³/mol. The van der Waals surface area contributed by atoms with Crippen LogP contribution in [0.15, 0.2) is 47.0 Å². The summed E-state index contributed by atoms with van der Waals surface area (Å²) in [6, 6.07) is 9.97. The fourth-order valence-corrected chi connectivity index (χ4v) is 3.08. The summed E-state index contributed by atoms with van der Waals surface area (Å²) in [4.78, 5) is 26.5. The first-order valence-corrected chi connectivity index (χ1v) is 10.5. The number of nitrogens with zero attached hydrogens (tertiary/aromatic N) is 3. The molecule has 0 fully saturated rings. The van der Waals surface area contributed by atoms with E-state index in [1.54, 1.807) is 0 Å². The maximum atomic E-state index is 12.8. The number of halogens is 3. The van der Waals surface area contributed by atoms with Gasteiger partial charge in [-0.1, -0.05) is 36.3 Å². The molecule has 2 N–H and O–H groups in total. The molecule has 0 bridgehead atoms. The van der Waals surface area contributed by atoms with Crippen molar-refractivity contribution in [3.63, 3.8) is 0 Å².